The summed E-state index contributed by atoms with van der Waals surface area (Å²) in [6.07, 6.45) is 3.71. The summed E-state index contributed by atoms with van der Waals surface area (Å²) in [5.74, 6) is 0. The van der Waals surface area contributed by atoms with Crippen molar-refractivity contribution in [2.75, 3.05) is 0 Å². The van der Waals surface area contributed by atoms with Gasteiger partial charge in [0.2, 0.25) is 0 Å². The molecular formula is C124H72N4. The molecule has 2 aliphatic rings. The first-order valence-electron chi connectivity index (χ1n) is 44.1. The minimum atomic E-state index is 0.912. The lowest BCUT2D eigenvalue weighted by atomic mass is 9.82. The number of pyridine rings is 4. The Morgan fingerprint density at radius 2 is 0.430 bits per heavy atom. The molecule has 0 radical (unpaired) electrons. The van der Waals surface area contributed by atoms with Crippen molar-refractivity contribution < 1.29 is 0 Å². The zero-order valence-corrected chi connectivity index (χ0v) is 69.4. The Morgan fingerprint density at radius 1 is 0.133 bits per heavy atom. The van der Waals surface area contributed by atoms with Crippen LogP contribution in [0.1, 0.15) is 0 Å². The molecule has 4 heterocycles. The summed E-state index contributed by atoms with van der Waals surface area (Å²) in [4.78, 5) is 20.1. The molecule has 0 N–H and O–H groups in total. The number of aromatic nitrogens is 4. The highest BCUT2D eigenvalue weighted by molar-refractivity contribution is 6.33. The molecule has 0 atom stereocenters. The zero-order valence-electron chi connectivity index (χ0n) is 69.4. The summed E-state index contributed by atoms with van der Waals surface area (Å²) in [7, 11) is 0. The first kappa shape index (κ1) is 71.6. The molecule has 2 aliphatic carbocycles. The second kappa shape index (κ2) is 28.3. The van der Waals surface area contributed by atoms with E-state index in [-0.39, 0.29) is 0 Å². The Morgan fingerprint density at radius 3 is 0.867 bits per heavy atom. The Bertz CT molecular complexity index is 9050. The third kappa shape index (κ3) is 11.0. The van der Waals surface area contributed by atoms with Crippen LogP contribution in [0.15, 0.2) is 437 Å². The minimum absolute atomic E-state index is 0.912. The van der Waals surface area contributed by atoms with Gasteiger partial charge in [-0.3, -0.25) is 9.97 Å². The second-order valence-electron chi connectivity index (χ2n) is 34.3. The quantitative estimate of drug-likeness (QED) is 0.121. The SMILES string of the molecule is c1ccc(-c2c3c(c(-c4ccc(-c5ccc(-c6c7c(c(-c8ccccc8)c8ccccc68)-c6cccc8c(-c9cc%10c%11ccccc%11c(-c%11ccc%12ccc%13cccnc%13c%12n%11)cc%10c%10ccccc9%10)ccc-7c68)cc5)cc4)c4ccccc24)-c2cccc4c(-c5ccc(-c6ccc(-c7ccc(-c8ccc9ccc%10cccnc%10c9n8)cc7)cc6)cc5)ccc-3c24)cc1. The Balaban J connectivity index is 0.536. The van der Waals surface area contributed by atoms with Crippen molar-refractivity contribution >= 4 is 119 Å². The third-order valence-electron chi connectivity index (χ3n) is 27.6. The lowest BCUT2D eigenvalue weighted by Gasteiger charge is -2.21. The van der Waals surface area contributed by atoms with Crippen LogP contribution in [0, 0.1) is 0 Å². The highest BCUT2D eigenvalue weighted by Crippen LogP contribution is 2.62. The first-order chi connectivity index (χ1) is 63.5. The zero-order chi connectivity index (χ0) is 83.8. The van der Waals surface area contributed by atoms with Gasteiger partial charge in [0.25, 0.3) is 0 Å². The van der Waals surface area contributed by atoms with Crippen LogP contribution in [0.3, 0.4) is 0 Å². The van der Waals surface area contributed by atoms with Gasteiger partial charge in [-0.25, -0.2) is 9.97 Å². The van der Waals surface area contributed by atoms with Crippen LogP contribution in [0.2, 0.25) is 0 Å². The minimum Gasteiger partial charge on any atom is -0.254 e. The van der Waals surface area contributed by atoms with Crippen molar-refractivity contribution in [1.82, 2.24) is 19.9 Å². The molecular weight excluding hydrogens is 1550 g/mol. The van der Waals surface area contributed by atoms with Gasteiger partial charge in [-0.15, -0.1) is 0 Å². The average Bonchev–Trinajstić information content (AvgIpc) is 1.53. The van der Waals surface area contributed by atoms with E-state index in [2.05, 4.69) is 417 Å². The molecule has 128 heavy (non-hydrogen) atoms. The smallest absolute Gasteiger partial charge is 0.0972 e. The third-order valence-corrected chi connectivity index (χ3v) is 27.6. The number of benzene rings is 21. The standard InChI is InChI=1S/C124H72N4/c1-3-19-81(20-4-1)111-97-29-11-14-32-100(97)114(120-104-66-64-94(96-34-16-36-102(116(96)104)117(111)120)105-71-106-92-27-9-10-28-93(92)108(72-107(106)91-26-8-7-25-90(91)105)110-68-62-88-60-58-86-24-18-70-126-122(86)124(88)128-110)84-55-47-78(48-56-84)77-45-53-83(54-46-77)113-99-31-13-12-30-98(99)112(82-21-5-2-6-22-82)119-103-65-63-89(95-33-15-35-101(115(95)103)118(113)119)79-49-41-75(42-50-79)73-37-39-74(40-38-73)76-43-51-80(52-44-76)109-67-61-87-59-57-85-23-17-69-125-121(85)123(87)127-109/h1-72H. The van der Waals surface area contributed by atoms with E-state index in [1.54, 1.807) is 0 Å². The molecule has 4 heteroatoms. The van der Waals surface area contributed by atoms with Crippen LogP contribution in [0.4, 0.5) is 0 Å². The van der Waals surface area contributed by atoms with Gasteiger partial charge < -0.3 is 0 Å². The maximum Gasteiger partial charge on any atom is 0.0972 e. The van der Waals surface area contributed by atoms with Gasteiger partial charge >= 0.3 is 0 Å². The van der Waals surface area contributed by atoms with Gasteiger partial charge in [0.1, 0.15) is 0 Å². The van der Waals surface area contributed by atoms with E-state index in [1.807, 2.05) is 24.5 Å². The molecule has 4 aromatic heterocycles. The van der Waals surface area contributed by atoms with Crippen LogP contribution >= 0.6 is 0 Å². The van der Waals surface area contributed by atoms with Gasteiger partial charge in [0, 0.05) is 45.1 Å². The lowest BCUT2D eigenvalue weighted by molar-refractivity contribution is 1.37. The fourth-order valence-electron chi connectivity index (χ4n) is 21.8. The van der Waals surface area contributed by atoms with Crippen molar-refractivity contribution in [3.05, 3.63) is 437 Å². The van der Waals surface area contributed by atoms with Crippen molar-refractivity contribution in [2.45, 2.75) is 0 Å². The molecule has 25 aromatic rings. The molecule has 0 amide bonds. The molecule has 0 unspecified atom stereocenters. The monoisotopic (exact) mass is 1620 g/mol. The summed E-state index contributed by atoms with van der Waals surface area (Å²) >= 11 is 0. The van der Waals surface area contributed by atoms with Gasteiger partial charge in [0.15, 0.2) is 0 Å². The molecule has 27 rings (SSSR count). The van der Waals surface area contributed by atoms with Gasteiger partial charge in [-0.2, -0.15) is 0 Å². The summed E-state index contributed by atoms with van der Waals surface area (Å²) in [6.45, 7) is 0. The van der Waals surface area contributed by atoms with Crippen molar-refractivity contribution in [3.8, 4) is 167 Å². The topological polar surface area (TPSA) is 51.6 Å². The van der Waals surface area contributed by atoms with Gasteiger partial charge in [0.05, 0.1) is 33.5 Å². The van der Waals surface area contributed by atoms with Crippen molar-refractivity contribution in [2.24, 2.45) is 0 Å². The van der Waals surface area contributed by atoms with Crippen LogP contribution in [-0.4, -0.2) is 19.9 Å². The Hall–Kier alpha value is -16.9. The Labute approximate surface area is 738 Å². The van der Waals surface area contributed by atoms with E-state index in [1.165, 1.54) is 198 Å². The van der Waals surface area contributed by atoms with Crippen LogP contribution in [0.5, 0.6) is 0 Å². The number of fused-ring (bicyclic) bond motifs is 19. The van der Waals surface area contributed by atoms with Crippen molar-refractivity contribution in [1.29, 1.82) is 0 Å². The second-order valence-corrected chi connectivity index (χ2v) is 34.3. The van der Waals surface area contributed by atoms with Gasteiger partial charge in [-0.1, -0.05) is 388 Å². The van der Waals surface area contributed by atoms with Crippen molar-refractivity contribution in [3.63, 3.8) is 0 Å². The molecule has 0 spiro atoms. The molecule has 4 nitrogen and oxygen atoms in total. The predicted molar refractivity (Wildman–Crippen MR) is 539 cm³/mol. The lowest BCUT2D eigenvalue weighted by Crippen LogP contribution is -1.94. The molecule has 0 bridgehead atoms. The largest absolute Gasteiger partial charge is 0.254 e. The fourth-order valence-corrected chi connectivity index (χ4v) is 21.8. The van der Waals surface area contributed by atoms with Crippen LogP contribution < -0.4 is 0 Å². The fraction of sp³-hybridized carbons (Fsp3) is 0. The number of nitrogens with zero attached hydrogens (tertiary/aromatic N) is 4. The van der Waals surface area contributed by atoms with E-state index in [4.69, 9.17) is 15.0 Å². The number of rotatable bonds is 11. The van der Waals surface area contributed by atoms with E-state index in [0.717, 1.165) is 88.2 Å². The summed E-state index contributed by atoms with van der Waals surface area (Å²) in [5, 5.41) is 21.5. The highest BCUT2D eigenvalue weighted by Gasteiger charge is 2.35. The van der Waals surface area contributed by atoms with Crippen LogP contribution in [0.25, 0.3) is 286 Å². The molecule has 21 aromatic carbocycles. The normalized spacial score (nSPS) is 12.1. The maximum atomic E-state index is 5.44. The number of hydrogen-bond acceptors (Lipinski definition) is 4. The maximum absolute atomic E-state index is 5.44. The highest BCUT2D eigenvalue weighted by atomic mass is 14.8. The number of hydrogen-bond donors (Lipinski definition) is 0. The summed E-state index contributed by atoms with van der Waals surface area (Å²) in [6, 6.07) is 158. The van der Waals surface area contributed by atoms with Gasteiger partial charge in [-0.05, 0) is 256 Å². The van der Waals surface area contributed by atoms with E-state index < -0.39 is 0 Å². The molecule has 588 valence electrons. The first-order valence-corrected chi connectivity index (χ1v) is 44.1. The van der Waals surface area contributed by atoms with Crippen LogP contribution in [-0.2, 0) is 0 Å². The molecule has 0 fully saturated rings. The molecule has 0 saturated carbocycles. The molecule has 0 saturated heterocycles. The summed E-state index contributed by atoms with van der Waals surface area (Å²) in [5.41, 5.74) is 39.5. The predicted octanol–water partition coefficient (Wildman–Crippen LogP) is 33.6. The summed E-state index contributed by atoms with van der Waals surface area (Å²) < 4.78 is 0. The van der Waals surface area contributed by atoms with E-state index in [0.29, 0.717) is 0 Å². The van der Waals surface area contributed by atoms with E-state index in [9.17, 15) is 0 Å². The van der Waals surface area contributed by atoms with E-state index >= 15 is 0 Å². The average molecular weight is 1620 g/mol. The Kier molecular flexibility index (Phi) is 15.8. The molecule has 0 aliphatic heterocycles.